The number of methoxy groups -OCH3 is 1. The van der Waals surface area contributed by atoms with Crippen LogP contribution in [0.3, 0.4) is 0 Å². The summed E-state index contributed by atoms with van der Waals surface area (Å²) in [6.45, 7) is 6.09. The summed E-state index contributed by atoms with van der Waals surface area (Å²) in [6.07, 6.45) is 3.89. The quantitative estimate of drug-likeness (QED) is 0.725. The molecule has 0 aromatic heterocycles. The highest BCUT2D eigenvalue weighted by Crippen LogP contribution is 2.26. The molecule has 1 heterocycles. The SMILES string of the molecule is CCC(c1ccc(OC)cc1)N(CC)C(=O)CCN1CCCCC1=O. The molecule has 1 unspecified atom stereocenters. The molecule has 25 heavy (non-hydrogen) atoms. The second kappa shape index (κ2) is 9.44. The van der Waals surface area contributed by atoms with E-state index in [0.717, 1.165) is 37.1 Å². The van der Waals surface area contributed by atoms with Gasteiger partial charge in [-0.3, -0.25) is 9.59 Å². The van der Waals surface area contributed by atoms with Gasteiger partial charge in [0.2, 0.25) is 11.8 Å². The lowest BCUT2D eigenvalue weighted by Crippen LogP contribution is -2.40. The maximum atomic E-state index is 12.8. The summed E-state index contributed by atoms with van der Waals surface area (Å²) in [6, 6.07) is 7.97. The minimum atomic E-state index is 0.0560. The predicted molar refractivity (Wildman–Crippen MR) is 98.5 cm³/mol. The van der Waals surface area contributed by atoms with Gasteiger partial charge in [0, 0.05) is 32.5 Å². The molecule has 0 bridgehead atoms. The Balaban J connectivity index is 2.01. The van der Waals surface area contributed by atoms with Crippen molar-refractivity contribution in [3.05, 3.63) is 29.8 Å². The molecule has 1 aliphatic rings. The minimum Gasteiger partial charge on any atom is -0.497 e. The standard InChI is InChI=1S/C20H30N2O3/c1-4-18(16-9-11-17(25-3)12-10-16)22(5-2)20(24)13-15-21-14-7-6-8-19(21)23/h9-12,18H,4-8,13-15H2,1-3H3. The fourth-order valence-corrected chi connectivity index (χ4v) is 3.51. The molecule has 1 saturated heterocycles. The van der Waals surface area contributed by atoms with Crippen LogP contribution in [0.15, 0.2) is 24.3 Å². The molecule has 1 atom stereocenters. The maximum absolute atomic E-state index is 12.8. The first kappa shape index (κ1) is 19.3. The van der Waals surface area contributed by atoms with E-state index < -0.39 is 0 Å². The summed E-state index contributed by atoms with van der Waals surface area (Å²) >= 11 is 0. The number of amides is 2. The number of benzene rings is 1. The Morgan fingerprint density at radius 2 is 1.96 bits per heavy atom. The first-order chi connectivity index (χ1) is 12.1. The molecule has 138 valence electrons. The summed E-state index contributed by atoms with van der Waals surface area (Å²) in [5, 5.41) is 0. The van der Waals surface area contributed by atoms with Gasteiger partial charge in [0.15, 0.2) is 0 Å². The second-order valence-corrected chi connectivity index (χ2v) is 6.46. The van der Waals surface area contributed by atoms with Gasteiger partial charge in [-0.2, -0.15) is 0 Å². The van der Waals surface area contributed by atoms with Crippen LogP contribution in [0.25, 0.3) is 0 Å². The molecular weight excluding hydrogens is 316 g/mol. The van der Waals surface area contributed by atoms with Crippen molar-refractivity contribution in [2.75, 3.05) is 26.7 Å². The number of carbonyl (C=O) groups excluding carboxylic acids is 2. The third kappa shape index (κ3) is 4.97. The van der Waals surface area contributed by atoms with Crippen LogP contribution in [0.2, 0.25) is 0 Å². The zero-order chi connectivity index (χ0) is 18.2. The molecule has 1 aliphatic heterocycles. The molecule has 0 N–H and O–H groups in total. The van der Waals surface area contributed by atoms with Gasteiger partial charge in [0.1, 0.15) is 5.75 Å². The summed E-state index contributed by atoms with van der Waals surface area (Å²) in [5.74, 6) is 1.12. The first-order valence-corrected chi connectivity index (χ1v) is 9.31. The molecular formula is C20H30N2O3. The summed E-state index contributed by atoms with van der Waals surface area (Å²) < 4.78 is 5.21. The van der Waals surface area contributed by atoms with Gasteiger partial charge < -0.3 is 14.5 Å². The molecule has 1 aromatic carbocycles. The lowest BCUT2D eigenvalue weighted by atomic mass is 10.0. The van der Waals surface area contributed by atoms with Crippen LogP contribution >= 0.6 is 0 Å². The smallest absolute Gasteiger partial charge is 0.224 e. The van der Waals surface area contributed by atoms with Crippen LogP contribution in [0.1, 0.15) is 57.6 Å². The fourth-order valence-electron chi connectivity index (χ4n) is 3.51. The van der Waals surface area contributed by atoms with Crippen molar-refractivity contribution < 1.29 is 14.3 Å². The van der Waals surface area contributed by atoms with Crippen LogP contribution in [0, 0.1) is 0 Å². The molecule has 1 aromatic rings. The number of piperidine rings is 1. The van der Waals surface area contributed by atoms with E-state index in [2.05, 4.69) is 6.92 Å². The maximum Gasteiger partial charge on any atom is 0.224 e. The van der Waals surface area contributed by atoms with Gasteiger partial charge in [-0.1, -0.05) is 19.1 Å². The van der Waals surface area contributed by atoms with Gasteiger partial charge >= 0.3 is 0 Å². The van der Waals surface area contributed by atoms with Crippen molar-refractivity contribution in [3.63, 3.8) is 0 Å². The van der Waals surface area contributed by atoms with Crippen molar-refractivity contribution >= 4 is 11.8 Å². The number of nitrogens with zero attached hydrogens (tertiary/aromatic N) is 2. The van der Waals surface area contributed by atoms with E-state index in [9.17, 15) is 9.59 Å². The largest absolute Gasteiger partial charge is 0.497 e. The highest BCUT2D eigenvalue weighted by Gasteiger charge is 2.24. The molecule has 0 radical (unpaired) electrons. The molecule has 0 saturated carbocycles. The van der Waals surface area contributed by atoms with Gasteiger partial charge in [-0.25, -0.2) is 0 Å². The summed E-state index contributed by atoms with van der Waals surface area (Å²) in [4.78, 5) is 28.5. The zero-order valence-electron chi connectivity index (χ0n) is 15.7. The number of hydrogen-bond donors (Lipinski definition) is 0. The Bertz CT molecular complexity index is 571. The number of rotatable bonds is 8. The van der Waals surface area contributed by atoms with E-state index in [-0.39, 0.29) is 17.9 Å². The van der Waals surface area contributed by atoms with Crippen molar-refractivity contribution in [2.24, 2.45) is 0 Å². The highest BCUT2D eigenvalue weighted by atomic mass is 16.5. The molecule has 1 fully saturated rings. The van der Waals surface area contributed by atoms with E-state index in [1.165, 1.54) is 0 Å². The Kier molecular flexibility index (Phi) is 7.29. The average Bonchev–Trinajstić information content (AvgIpc) is 2.65. The van der Waals surface area contributed by atoms with Gasteiger partial charge in [0.05, 0.1) is 13.2 Å². The topological polar surface area (TPSA) is 49.9 Å². The van der Waals surface area contributed by atoms with Crippen LogP contribution in [0.4, 0.5) is 0 Å². The highest BCUT2D eigenvalue weighted by molar-refractivity contribution is 5.79. The van der Waals surface area contributed by atoms with Crippen LogP contribution in [-0.4, -0.2) is 48.4 Å². The van der Waals surface area contributed by atoms with E-state index in [1.807, 2.05) is 41.0 Å². The molecule has 5 heteroatoms. The Morgan fingerprint density at radius 3 is 2.52 bits per heavy atom. The van der Waals surface area contributed by atoms with E-state index in [1.54, 1.807) is 7.11 Å². The van der Waals surface area contributed by atoms with Gasteiger partial charge in [0.25, 0.3) is 0 Å². The summed E-state index contributed by atoms with van der Waals surface area (Å²) in [5.41, 5.74) is 1.12. The number of carbonyl (C=O) groups is 2. The van der Waals surface area contributed by atoms with Crippen LogP contribution in [-0.2, 0) is 9.59 Å². The summed E-state index contributed by atoms with van der Waals surface area (Å²) in [7, 11) is 1.65. The molecule has 5 nitrogen and oxygen atoms in total. The minimum absolute atomic E-state index is 0.0560. The Hall–Kier alpha value is -2.04. The Labute approximate surface area is 150 Å². The molecule has 0 spiro atoms. The number of hydrogen-bond acceptors (Lipinski definition) is 3. The monoisotopic (exact) mass is 346 g/mol. The predicted octanol–water partition coefficient (Wildman–Crippen LogP) is 3.40. The molecule has 2 amide bonds. The zero-order valence-corrected chi connectivity index (χ0v) is 15.7. The van der Waals surface area contributed by atoms with Crippen molar-refractivity contribution in [1.29, 1.82) is 0 Å². The van der Waals surface area contributed by atoms with Gasteiger partial charge in [-0.15, -0.1) is 0 Å². The van der Waals surface area contributed by atoms with Crippen LogP contribution in [0.5, 0.6) is 5.75 Å². The average molecular weight is 346 g/mol. The normalized spacial score (nSPS) is 15.8. The van der Waals surface area contributed by atoms with Crippen molar-refractivity contribution in [3.8, 4) is 5.75 Å². The second-order valence-electron chi connectivity index (χ2n) is 6.46. The molecule has 2 rings (SSSR count). The lowest BCUT2D eigenvalue weighted by Gasteiger charge is -2.32. The van der Waals surface area contributed by atoms with Gasteiger partial charge in [-0.05, 0) is 43.9 Å². The van der Waals surface area contributed by atoms with E-state index in [0.29, 0.717) is 25.9 Å². The lowest BCUT2D eigenvalue weighted by molar-refractivity contribution is -0.136. The van der Waals surface area contributed by atoms with E-state index >= 15 is 0 Å². The van der Waals surface area contributed by atoms with Crippen molar-refractivity contribution in [2.45, 2.75) is 52.0 Å². The third-order valence-corrected chi connectivity index (χ3v) is 4.94. The van der Waals surface area contributed by atoms with Crippen molar-refractivity contribution in [1.82, 2.24) is 9.80 Å². The fraction of sp³-hybridized carbons (Fsp3) is 0.600. The third-order valence-electron chi connectivity index (χ3n) is 4.94. The first-order valence-electron chi connectivity index (χ1n) is 9.31. The number of likely N-dealkylation sites (tertiary alicyclic amines) is 1. The number of ether oxygens (including phenoxy) is 1. The molecule has 0 aliphatic carbocycles. The van der Waals surface area contributed by atoms with Crippen LogP contribution < -0.4 is 4.74 Å². The Morgan fingerprint density at radius 1 is 1.24 bits per heavy atom. The van der Waals surface area contributed by atoms with E-state index in [4.69, 9.17) is 4.74 Å².